The Hall–Kier alpha value is -3.27. The Bertz CT molecular complexity index is 2840. The second-order valence-corrected chi connectivity index (χ2v) is 28.3. The number of fused-ring (bicyclic) bond motifs is 6. The number of aliphatic hydroxyl groups excluding tert-OH is 1. The highest BCUT2D eigenvalue weighted by molar-refractivity contribution is 7.19. The number of rotatable bonds is 5. The summed E-state index contributed by atoms with van der Waals surface area (Å²) in [5.41, 5.74) is 14.2. The van der Waals surface area contributed by atoms with Crippen LogP contribution in [-0.4, -0.2) is 56.5 Å². The highest BCUT2D eigenvalue weighted by Gasteiger charge is 2.32. The number of amides is 1. The standard InChI is InChI=1S/C17H22N2O2S.C17H23NOS.C16H21NOS.C4H8O.C2Cl3NO/c1-17(2,3)12-4-5-14-10(7-12)6-11-8-13(9-21-16(18)20)22-15(11)19-14;1-17(2,3)13-5-6-15-11(8-13)7-12-9-14(10-19-4)20-16(12)18-15;1-16(2,3)12-4-5-14-10(7-12)6-11-8-13(9-18)19-15(11)17-14;1-2-4-5-3-1;3-2(4,5)6-1-7/h6,8,12H,4-5,7,9H2,1-3H3,(H2,18,20);7,9,13H,5-6,8,10H2,1-4H3;6,8,12,18H,4-5,7,9H2,1-3H3;1-4H2;. The van der Waals surface area contributed by atoms with Crippen LogP contribution in [0.2, 0.25) is 0 Å². The minimum Gasteiger partial charge on any atom is -0.444 e. The van der Waals surface area contributed by atoms with E-state index in [4.69, 9.17) is 69.7 Å². The predicted octanol–water partition coefficient (Wildman–Crippen LogP) is 15.0. The molecule has 4 aliphatic rings. The minimum absolute atomic E-state index is 0.121. The molecular weight excluding hydrogens is 1040 g/mol. The number of carbonyl (C=O) groups excluding carboxylic acids is 2. The molecule has 6 aromatic heterocycles. The maximum absolute atomic E-state index is 10.7. The molecule has 0 bridgehead atoms. The van der Waals surface area contributed by atoms with Crippen LogP contribution in [0.25, 0.3) is 30.6 Å². The van der Waals surface area contributed by atoms with E-state index >= 15 is 0 Å². The number of primary amides is 1. The minimum atomic E-state index is -1.83. The number of nitrogens with zero attached hydrogens (tertiary/aromatic N) is 4. The van der Waals surface area contributed by atoms with Gasteiger partial charge in [-0.25, -0.2) is 24.5 Å². The van der Waals surface area contributed by atoms with Crippen LogP contribution < -0.4 is 5.73 Å². The summed E-state index contributed by atoms with van der Waals surface area (Å²) >= 11 is 19.8. The third kappa shape index (κ3) is 17.4. The van der Waals surface area contributed by atoms with E-state index < -0.39 is 10.0 Å². The van der Waals surface area contributed by atoms with Crippen LogP contribution in [0, 0.1) is 34.0 Å². The van der Waals surface area contributed by atoms with Gasteiger partial charge in [0, 0.05) is 68.2 Å². The summed E-state index contributed by atoms with van der Waals surface area (Å²) in [7, 11) is 1.75. The van der Waals surface area contributed by atoms with Gasteiger partial charge in [-0.2, -0.15) is 0 Å². The SMILES string of the molecule is C1CCOC1.CC(C)(C)C1CCc2nc3sc(CO)cc3cc2C1.CC(C)(C)C1CCc2nc3sc(COC(N)=O)cc3cc2C1.COCc1cc2cc3c(nc2s1)CCC(C(C)(C)C)C3.O=C=NC(Cl)(Cl)Cl. The molecule has 1 amide bonds. The van der Waals surface area contributed by atoms with Crippen molar-refractivity contribution in [2.24, 2.45) is 44.7 Å². The molecule has 7 heterocycles. The second-order valence-electron chi connectivity index (χ2n) is 22.7. The van der Waals surface area contributed by atoms with Crippen LogP contribution in [-0.2, 0) is 77.4 Å². The van der Waals surface area contributed by atoms with E-state index in [1.54, 1.807) is 41.1 Å². The van der Waals surface area contributed by atoms with Crippen molar-refractivity contribution in [2.45, 2.75) is 157 Å². The average Bonchev–Trinajstić information content (AvgIpc) is 4.15. The number of aryl methyl sites for hydroxylation is 3. The summed E-state index contributed by atoms with van der Waals surface area (Å²) in [6.45, 7) is 24.1. The van der Waals surface area contributed by atoms with Crippen LogP contribution >= 0.6 is 68.8 Å². The third-order valence-corrected chi connectivity index (χ3v) is 17.6. The first-order chi connectivity index (χ1) is 34.3. The quantitative estimate of drug-likeness (QED) is 0.0741. The zero-order valence-electron chi connectivity index (χ0n) is 44.2. The summed E-state index contributed by atoms with van der Waals surface area (Å²) in [6.07, 6.45) is 13.3. The monoisotopic (exact) mass is 1110 g/mol. The molecule has 1 fully saturated rings. The Kier molecular flexibility index (Phi) is 20.8. The van der Waals surface area contributed by atoms with E-state index in [1.807, 2.05) is 0 Å². The van der Waals surface area contributed by atoms with Crippen molar-refractivity contribution in [2.75, 3.05) is 20.3 Å². The normalized spacial score (nSPS) is 18.5. The van der Waals surface area contributed by atoms with Crippen molar-refractivity contribution in [3.05, 3.63) is 84.8 Å². The Morgan fingerprint density at radius 3 is 1.33 bits per heavy atom. The molecule has 73 heavy (non-hydrogen) atoms. The van der Waals surface area contributed by atoms with Gasteiger partial charge in [-0.3, -0.25) is 0 Å². The van der Waals surface area contributed by atoms with Crippen molar-refractivity contribution in [3.8, 4) is 0 Å². The number of halogens is 3. The summed E-state index contributed by atoms with van der Waals surface area (Å²) in [6, 6.07) is 13.3. The van der Waals surface area contributed by atoms with E-state index in [1.165, 1.54) is 92.8 Å². The molecule has 10 rings (SSSR count). The summed E-state index contributed by atoms with van der Waals surface area (Å²) in [5, 5.41) is 12.9. The van der Waals surface area contributed by atoms with E-state index in [-0.39, 0.29) is 13.2 Å². The zero-order chi connectivity index (χ0) is 53.3. The molecular formula is C56H74Cl3N5O6S3. The lowest BCUT2D eigenvalue weighted by molar-refractivity contribution is 0.151. The van der Waals surface area contributed by atoms with Gasteiger partial charge in [-0.05, 0) is 158 Å². The number of hydrogen-bond acceptors (Lipinski definition) is 13. The number of alkyl halides is 3. The molecule has 11 nitrogen and oxygen atoms in total. The number of carbonyl (C=O) groups is 1. The van der Waals surface area contributed by atoms with Gasteiger partial charge in [-0.1, -0.05) is 97.1 Å². The molecule has 3 aliphatic carbocycles. The smallest absolute Gasteiger partial charge is 0.404 e. The summed E-state index contributed by atoms with van der Waals surface area (Å²) < 4.78 is 13.2. The topological polar surface area (TPSA) is 159 Å². The number of aromatic nitrogens is 3. The molecule has 17 heteroatoms. The summed E-state index contributed by atoms with van der Waals surface area (Å²) in [4.78, 5) is 43.8. The highest BCUT2D eigenvalue weighted by atomic mass is 35.6. The number of pyridine rings is 3. The molecule has 398 valence electrons. The molecule has 0 saturated carbocycles. The van der Waals surface area contributed by atoms with Gasteiger partial charge in [0.05, 0.1) is 13.2 Å². The first kappa shape index (κ1) is 59.0. The number of ether oxygens (including phenoxy) is 3. The van der Waals surface area contributed by atoms with Crippen molar-refractivity contribution >= 4 is 112 Å². The maximum atomic E-state index is 10.7. The zero-order valence-corrected chi connectivity index (χ0v) is 48.9. The second kappa shape index (κ2) is 25.7. The Balaban J connectivity index is 0.000000160. The van der Waals surface area contributed by atoms with Crippen LogP contribution in [0.4, 0.5) is 4.79 Å². The van der Waals surface area contributed by atoms with E-state index in [2.05, 4.69) is 104 Å². The number of thiophene rings is 3. The van der Waals surface area contributed by atoms with Gasteiger partial charge in [0.1, 0.15) is 21.1 Å². The number of hydrogen-bond donors (Lipinski definition) is 2. The van der Waals surface area contributed by atoms with Crippen molar-refractivity contribution in [1.82, 2.24) is 15.0 Å². The molecule has 0 spiro atoms. The van der Waals surface area contributed by atoms with Crippen molar-refractivity contribution in [1.29, 1.82) is 0 Å². The number of aliphatic hydroxyl groups is 1. The molecule has 6 aromatic rings. The van der Waals surface area contributed by atoms with Crippen molar-refractivity contribution < 1.29 is 28.9 Å². The lowest BCUT2D eigenvalue weighted by Gasteiger charge is -2.34. The van der Waals surface area contributed by atoms with E-state index in [0.717, 1.165) is 88.0 Å². The van der Waals surface area contributed by atoms with Gasteiger partial charge in [-0.15, -0.1) is 39.0 Å². The molecule has 3 N–H and O–H groups in total. The Labute approximate surface area is 459 Å². The van der Waals surface area contributed by atoms with Gasteiger partial charge < -0.3 is 25.1 Å². The van der Waals surface area contributed by atoms with Gasteiger partial charge >= 0.3 is 6.09 Å². The fourth-order valence-electron chi connectivity index (χ4n) is 9.81. The number of aliphatic imine (C=N–C) groups is 1. The molecule has 0 radical (unpaired) electrons. The fourth-order valence-corrected chi connectivity index (χ4v) is 12.8. The number of isocyanates is 1. The largest absolute Gasteiger partial charge is 0.444 e. The lowest BCUT2D eigenvalue weighted by atomic mass is 9.71. The van der Waals surface area contributed by atoms with Gasteiger partial charge in [0.2, 0.25) is 6.08 Å². The third-order valence-electron chi connectivity index (χ3n) is 14.2. The van der Waals surface area contributed by atoms with E-state index in [9.17, 15) is 14.7 Å². The molecule has 1 aliphatic heterocycles. The lowest BCUT2D eigenvalue weighted by Crippen LogP contribution is -2.27. The Morgan fingerprint density at radius 1 is 0.671 bits per heavy atom. The fraction of sp³-hybridized carbons (Fsp3) is 0.589. The first-order valence-electron chi connectivity index (χ1n) is 25.3. The number of nitrogens with two attached hydrogens (primary N) is 1. The maximum Gasteiger partial charge on any atom is 0.404 e. The van der Waals surface area contributed by atoms with Crippen LogP contribution in [0.3, 0.4) is 0 Å². The molecule has 1 saturated heterocycles. The molecule has 3 atom stereocenters. The van der Waals surface area contributed by atoms with Gasteiger partial charge in [0.25, 0.3) is 3.92 Å². The first-order valence-corrected chi connectivity index (χ1v) is 28.9. The highest BCUT2D eigenvalue weighted by Crippen LogP contribution is 2.41. The van der Waals surface area contributed by atoms with Crippen LogP contribution in [0.5, 0.6) is 0 Å². The van der Waals surface area contributed by atoms with Gasteiger partial charge in [0.15, 0.2) is 0 Å². The number of methoxy groups -OCH3 is 1. The average molecular weight is 1120 g/mol. The van der Waals surface area contributed by atoms with E-state index in [0.29, 0.717) is 28.8 Å². The molecule has 3 unspecified atom stereocenters. The molecule has 0 aromatic carbocycles. The summed E-state index contributed by atoms with van der Waals surface area (Å²) in [5.74, 6) is 2.22. The van der Waals surface area contributed by atoms with Crippen LogP contribution in [0.15, 0.2) is 41.4 Å². The predicted molar refractivity (Wildman–Crippen MR) is 303 cm³/mol. The van der Waals surface area contributed by atoms with Crippen molar-refractivity contribution in [3.63, 3.8) is 0 Å². The van der Waals surface area contributed by atoms with Crippen LogP contribution in [0.1, 0.15) is 143 Å². The Morgan fingerprint density at radius 2 is 1.04 bits per heavy atom.